The lowest BCUT2D eigenvalue weighted by Gasteiger charge is -2.29. The van der Waals surface area contributed by atoms with Crippen molar-refractivity contribution in [2.24, 2.45) is 5.92 Å². The van der Waals surface area contributed by atoms with E-state index in [4.69, 9.17) is 0 Å². The Morgan fingerprint density at radius 3 is 3.07 bits per heavy atom. The fourth-order valence-electron chi connectivity index (χ4n) is 2.98. The summed E-state index contributed by atoms with van der Waals surface area (Å²) in [5, 5.41) is 3.10. The van der Waals surface area contributed by atoms with Crippen LogP contribution in [0.4, 0.5) is 11.5 Å². The molecule has 3 nitrogen and oxygen atoms in total. The molecular weight excluding hydrogens is 186 g/mol. The molecule has 1 aliphatic heterocycles. The minimum atomic E-state index is 0.794. The number of rotatable bonds is 2. The summed E-state index contributed by atoms with van der Waals surface area (Å²) in [6, 6.07) is 5.07. The molecule has 1 aromatic heterocycles. The van der Waals surface area contributed by atoms with Crippen molar-refractivity contribution in [1.82, 2.24) is 4.98 Å². The maximum absolute atomic E-state index is 4.25. The molecule has 15 heavy (non-hydrogen) atoms. The molecule has 1 N–H and O–H groups in total. The largest absolute Gasteiger partial charge is 0.373 e. The van der Waals surface area contributed by atoms with Gasteiger partial charge in [0.1, 0.15) is 5.82 Å². The number of hydrogen-bond acceptors (Lipinski definition) is 3. The first-order valence-electron chi connectivity index (χ1n) is 5.77. The van der Waals surface area contributed by atoms with Gasteiger partial charge in [0.25, 0.3) is 0 Å². The van der Waals surface area contributed by atoms with Gasteiger partial charge in [-0.15, -0.1) is 0 Å². The Morgan fingerprint density at radius 2 is 2.40 bits per heavy atom. The quantitative estimate of drug-likeness (QED) is 0.798. The van der Waals surface area contributed by atoms with Crippen LogP contribution in [-0.2, 0) is 0 Å². The van der Waals surface area contributed by atoms with Crippen LogP contribution >= 0.6 is 0 Å². The summed E-state index contributed by atoms with van der Waals surface area (Å²) in [5.41, 5.74) is 1.33. The van der Waals surface area contributed by atoms with Gasteiger partial charge in [0, 0.05) is 37.6 Å². The van der Waals surface area contributed by atoms with E-state index in [2.05, 4.69) is 27.3 Å². The minimum absolute atomic E-state index is 0.794. The molecule has 2 bridgehead atoms. The molecule has 2 heterocycles. The normalized spacial score (nSPS) is 28.5. The Bertz CT molecular complexity index is 364. The number of fused-ring (bicyclic) bond motifs is 2. The zero-order chi connectivity index (χ0) is 10.3. The second-order valence-corrected chi connectivity index (χ2v) is 4.63. The van der Waals surface area contributed by atoms with Crippen LogP contribution in [0.15, 0.2) is 18.3 Å². The fraction of sp³-hybridized carbons (Fsp3) is 0.583. The van der Waals surface area contributed by atoms with Gasteiger partial charge in [-0.25, -0.2) is 4.98 Å². The lowest BCUT2D eigenvalue weighted by Crippen LogP contribution is -2.31. The monoisotopic (exact) mass is 203 g/mol. The highest BCUT2D eigenvalue weighted by atomic mass is 15.2. The van der Waals surface area contributed by atoms with Crippen LogP contribution < -0.4 is 10.2 Å². The molecule has 1 saturated heterocycles. The van der Waals surface area contributed by atoms with Gasteiger partial charge in [0.15, 0.2) is 0 Å². The molecule has 2 aliphatic rings. The van der Waals surface area contributed by atoms with Gasteiger partial charge in [-0.2, -0.15) is 0 Å². The Kier molecular flexibility index (Phi) is 2.04. The molecule has 3 heteroatoms. The van der Waals surface area contributed by atoms with Crippen molar-refractivity contribution < 1.29 is 0 Å². The third kappa shape index (κ3) is 1.46. The highest BCUT2D eigenvalue weighted by Crippen LogP contribution is 2.40. The third-order valence-corrected chi connectivity index (χ3v) is 3.74. The SMILES string of the molecule is CNc1cc(N2CC3CCC2C3)ccn1. The molecule has 2 atom stereocenters. The van der Waals surface area contributed by atoms with Crippen LogP contribution in [0.3, 0.4) is 0 Å². The van der Waals surface area contributed by atoms with Gasteiger partial charge in [-0.3, -0.25) is 0 Å². The number of hydrogen-bond donors (Lipinski definition) is 1. The summed E-state index contributed by atoms with van der Waals surface area (Å²) in [6.07, 6.45) is 6.11. The second-order valence-electron chi connectivity index (χ2n) is 4.63. The third-order valence-electron chi connectivity index (χ3n) is 3.74. The standard InChI is InChI=1S/C12H17N3/c1-13-12-7-11(4-5-14-12)15-8-9-2-3-10(15)6-9/h4-5,7,9-10H,2-3,6,8H2,1H3,(H,13,14). The number of piperidine rings is 1. The van der Waals surface area contributed by atoms with Gasteiger partial charge < -0.3 is 10.2 Å². The van der Waals surface area contributed by atoms with Crippen molar-refractivity contribution in [2.75, 3.05) is 23.8 Å². The Balaban J connectivity index is 1.86. The molecule has 2 unspecified atom stereocenters. The van der Waals surface area contributed by atoms with Crippen molar-refractivity contribution in [3.63, 3.8) is 0 Å². The highest BCUT2D eigenvalue weighted by Gasteiger charge is 2.37. The summed E-state index contributed by atoms with van der Waals surface area (Å²) in [7, 11) is 1.92. The molecule has 1 aromatic rings. The van der Waals surface area contributed by atoms with E-state index in [9.17, 15) is 0 Å². The van der Waals surface area contributed by atoms with Crippen molar-refractivity contribution in [2.45, 2.75) is 25.3 Å². The van der Waals surface area contributed by atoms with Crippen LogP contribution in [0.25, 0.3) is 0 Å². The first-order chi connectivity index (χ1) is 7.36. The van der Waals surface area contributed by atoms with E-state index in [1.54, 1.807) is 0 Å². The topological polar surface area (TPSA) is 28.2 Å². The van der Waals surface area contributed by atoms with Crippen LogP contribution in [0.1, 0.15) is 19.3 Å². The highest BCUT2D eigenvalue weighted by molar-refractivity contribution is 5.55. The van der Waals surface area contributed by atoms with Crippen molar-refractivity contribution in [1.29, 1.82) is 0 Å². The molecule has 3 rings (SSSR count). The van der Waals surface area contributed by atoms with E-state index in [0.717, 1.165) is 17.8 Å². The fourth-order valence-corrected chi connectivity index (χ4v) is 2.98. The van der Waals surface area contributed by atoms with E-state index in [0.29, 0.717) is 0 Å². The number of pyridine rings is 1. The van der Waals surface area contributed by atoms with E-state index in [1.165, 1.54) is 31.5 Å². The number of nitrogens with zero attached hydrogens (tertiary/aromatic N) is 2. The molecule has 0 aromatic carbocycles. The van der Waals surface area contributed by atoms with Gasteiger partial charge >= 0.3 is 0 Å². The van der Waals surface area contributed by atoms with Gasteiger partial charge in [-0.05, 0) is 31.2 Å². The van der Waals surface area contributed by atoms with E-state index < -0.39 is 0 Å². The van der Waals surface area contributed by atoms with Crippen molar-refractivity contribution in [3.05, 3.63) is 18.3 Å². The number of aromatic nitrogens is 1. The molecule has 1 saturated carbocycles. The zero-order valence-corrected chi connectivity index (χ0v) is 9.11. The molecule has 2 fully saturated rings. The smallest absolute Gasteiger partial charge is 0.127 e. The summed E-state index contributed by atoms with van der Waals surface area (Å²) in [4.78, 5) is 6.81. The maximum Gasteiger partial charge on any atom is 0.127 e. The molecule has 1 aliphatic carbocycles. The second kappa shape index (κ2) is 3.40. The van der Waals surface area contributed by atoms with Gasteiger partial charge in [0.05, 0.1) is 0 Å². The average molecular weight is 203 g/mol. The lowest BCUT2D eigenvalue weighted by atomic mass is 10.1. The summed E-state index contributed by atoms with van der Waals surface area (Å²) in [6.45, 7) is 1.25. The Morgan fingerprint density at radius 1 is 1.47 bits per heavy atom. The zero-order valence-electron chi connectivity index (χ0n) is 9.11. The lowest BCUT2D eigenvalue weighted by molar-refractivity contribution is 0.553. The van der Waals surface area contributed by atoms with Gasteiger partial charge in [0.2, 0.25) is 0 Å². The molecule has 80 valence electrons. The van der Waals surface area contributed by atoms with Crippen LogP contribution in [0.2, 0.25) is 0 Å². The Labute approximate surface area is 90.5 Å². The van der Waals surface area contributed by atoms with E-state index >= 15 is 0 Å². The maximum atomic E-state index is 4.25. The van der Waals surface area contributed by atoms with Crippen LogP contribution in [0, 0.1) is 5.92 Å². The van der Waals surface area contributed by atoms with Gasteiger partial charge in [-0.1, -0.05) is 0 Å². The molecule has 0 radical (unpaired) electrons. The minimum Gasteiger partial charge on any atom is -0.373 e. The van der Waals surface area contributed by atoms with Crippen LogP contribution in [-0.4, -0.2) is 24.6 Å². The molecular formula is C12H17N3. The predicted molar refractivity (Wildman–Crippen MR) is 62.3 cm³/mol. The van der Waals surface area contributed by atoms with E-state index in [-0.39, 0.29) is 0 Å². The summed E-state index contributed by atoms with van der Waals surface area (Å²) in [5.74, 6) is 1.91. The summed E-state index contributed by atoms with van der Waals surface area (Å²) >= 11 is 0. The van der Waals surface area contributed by atoms with E-state index in [1.807, 2.05) is 13.2 Å². The summed E-state index contributed by atoms with van der Waals surface area (Å²) < 4.78 is 0. The number of anilines is 2. The number of nitrogens with one attached hydrogen (secondary N) is 1. The predicted octanol–water partition coefficient (Wildman–Crippen LogP) is 2.11. The first kappa shape index (κ1) is 9.01. The Hall–Kier alpha value is -1.25. The first-order valence-corrected chi connectivity index (χ1v) is 5.77. The molecule has 0 amide bonds. The van der Waals surface area contributed by atoms with Crippen molar-refractivity contribution >= 4 is 11.5 Å². The van der Waals surface area contributed by atoms with Crippen LogP contribution in [0.5, 0.6) is 0 Å². The van der Waals surface area contributed by atoms with Crippen molar-refractivity contribution in [3.8, 4) is 0 Å². The average Bonchev–Trinajstić information content (AvgIpc) is 2.91. The molecule has 0 spiro atoms.